The number of carbonyl (C=O) groups excluding carboxylic acids is 1. The largest absolute Gasteiger partial charge is 0.469 e. The molecule has 24 heavy (non-hydrogen) atoms. The highest BCUT2D eigenvalue weighted by molar-refractivity contribution is 5.82. The van der Waals surface area contributed by atoms with Crippen molar-refractivity contribution in [3.05, 3.63) is 0 Å². The summed E-state index contributed by atoms with van der Waals surface area (Å²) >= 11 is 0. The molecule has 7 heteroatoms. The summed E-state index contributed by atoms with van der Waals surface area (Å²) in [5, 5.41) is 3.34. The minimum Gasteiger partial charge on any atom is -0.469 e. The van der Waals surface area contributed by atoms with Crippen LogP contribution in [0.15, 0.2) is 4.99 Å². The van der Waals surface area contributed by atoms with Crippen molar-refractivity contribution in [3.8, 4) is 0 Å². The Hall–Kier alpha value is -1.34. The van der Waals surface area contributed by atoms with Gasteiger partial charge in [-0.05, 0) is 12.8 Å². The second-order valence-corrected chi connectivity index (χ2v) is 6.68. The zero-order valence-corrected chi connectivity index (χ0v) is 15.3. The normalized spacial score (nSPS) is 27.2. The second-order valence-electron chi connectivity index (χ2n) is 6.68. The molecule has 2 aliphatic rings. The predicted molar refractivity (Wildman–Crippen MR) is 92.0 cm³/mol. The van der Waals surface area contributed by atoms with Crippen LogP contribution in [0.25, 0.3) is 0 Å². The van der Waals surface area contributed by atoms with E-state index in [4.69, 9.17) is 19.2 Å². The van der Waals surface area contributed by atoms with Crippen LogP contribution < -0.4 is 5.32 Å². The van der Waals surface area contributed by atoms with Gasteiger partial charge >= 0.3 is 5.97 Å². The van der Waals surface area contributed by atoms with Crippen molar-refractivity contribution in [2.24, 2.45) is 16.8 Å². The van der Waals surface area contributed by atoms with Crippen LogP contribution in [0.1, 0.15) is 26.7 Å². The molecule has 0 aromatic heterocycles. The lowest BCUT2D eigenvalue weighted by Crippen LogP contribution is -2.45. The number of ether oxygens (including phenoxy) is 3. The molecule has 2 rings (SSSR count). The standard InChI is InChI=1S/C17H31N3O4/c1-5-18-16(19-12-17(23-4)6-8-24-9-7-17)20-10-13(2)14(11-20)15(21)22-3/h13-14H,5-12H2,1-4H3,(H,18,19). The van der Waals surface area contributed by atoms with Crippen LogP contribution >= 0.6 is 0 Å². The van der Waals surface area contributed by atoms with Crippen LogP contribution in [-0.4, -0.2) is 76.0 Å². The van der Waals surface area contributed by atoms with Crippen molar-refractivity contribution in [3.63, 3.8) is 0 Å². The lowest BCUT2D eigenvalue weighted by atomic mass is 9.94. The molecule has 0 aromatic carbocycles. The van der Waals surface area contributed by atoms with Gasteiger partial charge in [0.25, 0.3) is 0 Å². The van der Waals surface area contributed by atoms with Gasteiger partial charge in [0.2, 0.25) is 0 Å². The monoisotopic (exact) mass is 341 g/mol. The van der Waals surface area contributed by atoms with Crippen molar-refractivity contribution in [1.29, 1.82) is 0 Å². The van der Waals surface area contributed by atoms with Gasteiger partial charge < -0.3 is 24.4 Å². The Balaban J connectivity index is 2.07. The van der Waals surface area contributed by atoms with Gasteiger partial charge in [0.15, 0.2) is 5.96 Å². The maximum absolute atomic E-state index is 11.9. The first-order chi connectivity index (χ1) is 11.5. The number of nitrogens with zero attached hydrogens (tertiary/aromatic N) is 2. The molecule has 2 saturated heterocycles. The summed E-state index contributed by atoms with van der Waals surface area (Å²) in [4.78, 5) is 18.9. The number of hydrogen-bond donors (Lipinski definition) is 1. The molecule has 2 heterocycles. The average molecular weight is 341 g/mol. The summed E-state index contributed by atoms with van der Waals surface area (Å²) in [6.07, 6.45) is 1.71. The van der Waals surface area contributed by atoms with Crippen molar-refractivity contribution in [2.75, 3.05) is 53.6 Å². The highest BCUT2D eigenvalue weighted by atomic mass is 16.5. The molecule has 0 saturated carbocycles. The maximum Gasteiger partial charge on any atom is 0.310 e. The molecule has 2 unspecified atom stereocenters. The van der Waals surface area contributed by atoms with Crippen LogP contribution in [0.5, 0.6) is 0 Å². The Labute approximate surface area is 144 Å². The molecule has 0 aliphatic carbocycles. The van der Waals surface area contributed by atoms with E-state index in [-0.39, 0.29) is 23.4 Å². The summed E-state index contributed by atoms with van der Waals surface area (Å²) in [7, 11) is 3.20. The van der Waals surface area contributed by atoms with Gasteiger partial charge in [-0.25, -0.2) is 0 Å². The number of rotatable bonds is 5. The molecule has 2 fully saturated rings. The van der Waals surface area contributed by atoms with E-state index in [0.29, 0.717) is 26.3 Å². The number of esters is 1. The van der Waals surface area contributed by atoms with Gasteiger partial charge in [-0.1, -0.05) is 6.92 Å². The summed E-state index contributed by atoms with van der Waals surface area (Å²) in [5.74, 6) is 0.858. The van der Waals surface area contributed by atoms with Gasteiger partial charge in [-0.3, -0.25) is 9.79 Å². The number of aliphatic imine (C=N–C) groups is 1. The van der Waals surface area contributed by atoms with E-state index in [1.165, 1.54) is 7.11 Å². The molecular weight excluding hydrogens is 310 g/mol. The van der Waals surface area contributed by atoms with Crippen LogP contribution in [0.3, 0.4) is 0 Å². The Morgan fingerprint density at radius 1 is 1.33 bits per heavy atom. The van der Waals surface area contributed by atoms with E-state index in [0.717, 1.165) is 31.9 Å². The summed E-state index contributed by atoms with van der Waals surface area (Å²) in [6.45, 7) is 8.39. The van der Waals surface area contributed by atoms with E-state index < -0.39 is 0 Å². The van der Waals surface area contributed by atoms with Gasteiger partial charge in [-0.2, -0.15) is 0 Å². The van der Waals surface area contributed by atoms with Crippen LogP contribution in [0.4, 0.5) is 0 Å². The first kappa shape index (κ1) is 19.0. The fourth-order valence-corrected chi connectivity index (χ4v) is 3.41. The molecule has 0 spiro atoms. The lowest BCUT2D eigenvalue weighted by Gasteiger charge is -2.35. The van der Waals surface area contributed by atoms with Crippen LogP contribution in [0, 0.1) is 11.8 Å². The Morgan fingerprint density at radius 3 is 2.62 bits per heavy atom. The molecule has 1 N–H and O–H groups in total. The highest BCUT2D eigenvalue weighted by Crippen LogP contribution is 2.26. The zero-order chi connectivity index (χ0) is 17.6. The quantitative estimate of drug-likeness (QED) is 0.455. The van der Waals surface area contributed by atoms with Crippen molar-refractivity contribution in [1.82, 2.24) is 10.2 Å². The number of nitrogens with one attached hydrogen (secondary N) is 1. The molecular formula is C17H31N3O4. The first-order valence-corrected chi connectivity index (χ1v) is 8.79. The zero-order valence-electron chi connectivity index (χ0n) is 15.3. The fraction of sp³-hybridized carbons (Fsp3) is 0.882. The minimum atomic E-state index is -0.244. The van der Waals surface area contributed by atoms with E-state index in [1.807, 2.05) is 6.92 Å². The molecule has 0 aromatic rings. The number of guanidine groups is 1. The van der Waals surface area contributed by atoms with E-state index >= 15 is 0 Å². The minimum absolute atomic E-state index is 0.0988. The summed E-state index contributed by atoms with van der Waals surface area (Å²) in [6, 6.07) is 0. The van der Waals surface area contributed by atoms with Crippen molar-refractivity contribution < 1.29 is 19.0 Å². The Morgan fingerprint density at radius 2 is 2.04 bits per heavy atom. The van der Waals surface area contributed by atoms with E-state index in [2.05, 4.69) is 17.1 Å². The molecule has 138 valence electrons. The number of carbonyl (C=O) groups is 1. The number of methoxy groups -OCH3 is 2. The van der Waals surface area contributed by atoms with E-state index in [9.17, 15) is 4.79 Å². The fourth-order valence-electron chi connectivity index (χ4n) is 3.41. The maximum atomic E-state index is 11.9. The summed E-state index contributed by atoms with van der Waals surface area (Å²) < 4.78 is 16.1. The third-order valence-electron chi connectivity index (χ3n) is 5.10. The molecule has 7 nitrogen and oxygen atoms in total. The van der Waals surface area contributed by atoms with Gasteiger partial charge in [-0.15, -0.1) is 0 Å². The third kappa shape index (κ3) is 4.39. The molecule has 0 bridgehead atoms. The van der Waals surface area contributed by atoms with Crippen molar-refractivity contribution >= 4 is 11.9 Å². The topological polar surface area (TPSA) is 72.4 Å². The predicted octanol–water partition coefficient (Wildman–Crippen LogP) is 0.888. The smallest absolute Gasteiger partial charge is 0.310 e. The number of likely N-dealkylation sites (tertiary alicyclic amines) is 1. The molecule has 2 aliphatic heterocycles. The van der Waals surface area contributed by atoms with Crippen LogP contribution in [0.2, 0.25) is 0 Å². The Kier molecular flexibility index (Phi) is 6.86. The van der Waals surface area contributed by atoms with Gasteiger partial charge in [0.1, 0.15) is 0 Å². The average Bonchev–Trinajstić information content (AvgIpc) is 3.00. The second kappa shape index (κ2) is 8.67. The summed E-state index contributed by atoms with van der Waals surface area (Å²) in [5.41, 5.74) is -0.244. The van der Waals surface area contributed by atoms with E-state index in [1.54, 1.807) is 7.11 Å². The lowest BCUT2D eigenvalue weighted by molar-refractivity contribution is -0.146. The third-order valence-corrected chi connectivity index (χ3v) is 5.10. The highest BCUT2D eigenvalue weighted by Gasteiger charge is 2.38. The molecule has 2 atom stereocenters. The first-order valence-electron chi connectivity index (χ1n) is 8.79. The molecule has 0 radical (unpaired) electrons. The number of hydrogen-bond acceptors (Lipinski definition) is 5. The van der Waals surface area contributed by atoms with Gasteiger partial charge in [0.05, 0.1) is 25.2 Å². The SMILES string of the molecule is CCNC(=NCC1(OC)CCOCC1)N1CC(C)C(C(=O)OC)C1. The Bertz CT molecular complexity index is 449. The van der Waals surface area contributed by atoms with Crippen LogP contribution in [-0.2, 0) is 19.0 Å². The van der Waals surface area contributed by atoms with Gasteiger partial charge in [0, 0.05) is 52.8 Å². The molecule has 0 amide bonds. The van der Waals surface area contributed by atoms with Crippen molar-refractivity contribution in [2.45, 2.75) is 32.3 Å².